The van der Waals surface area contributed by atoms with Gasteiger partial charge in [0.2, 0.25) is 0 Å². The van der Waals surface area contributed by atoms with E-state index in [1.165, 1.54) is 12.1 Å². The van der Waals surface area contributed by atoms with Crippen molar-refractivity contribution in [2.24, 2.45) is 0 Å². The number of para-hydroxylation sites is 1. The minimum absolute atomic E-state index is 0.272. The molecule has 0 saturated carbocycles. The molecule has 0 radical (unpaired) electrons. The predicted molar refractivity (Wildman–Crippen MR) is 64.3 cm³/mol. The lowest BCUT2D eigenvalue weighted by Gasteiger charge is -2.13. The summed E-state index contributed by atoms with van der Waals surface area (Å²) in [6.45, 7) is 0. The van der Waals surface area contributed by atoms with Gasteiger partial charge in [0.05, 0.1) is 17.6 Å². The summed E-state index contributed by atoms with van der Waals surface area (Å²) in [5.74, 6) is -0.896. The van der Waals surface area contributed by atoms with Crippen LogP contribution in [0.1, 0.15) is 16.1 Å². The molecule has 0 saturated heterocycles. The second kappa shape index (κ2) is 5.16. The Morgan fingerprint density at radius 3 is 2.60 bits per heavy atom. The molecule has 104 valence electrons. The number of amides is 1. The molecular weight excluding hydrogens is 275 g/mol. The van der Waals surface area contributed by atoms with Crippen LogP contribution in [0.25, 0.3) is 0 Å². The molecule has 0 bridgehead atoms. The summed E-state index contributed by atoms with van der Waals surface area (Å²) in [5.41, 5.74) is -2.22. The number of carbonyl (C=O) groups is 1. The Morgan fingerprint density at radius 2 is 1.95 bits per heavy atom. The Morgan fingerprint density at radius 1 is 1.25 bits per heavy atom. The minimum atomic E-state index is -4.59. The normalized spacial score (nSPS) is 11.2. The molecule has 2 N–H and O–H groups in total. The fourth-order valence-corrected chi connectivity index (χ4v) is 1.52. The zero-order valence-electron chi connectivity index (χ0n) is 9.86. The Labute approximate surface area is 110 Å². The van der Waals surface area contributed by atoms with Crippen molar-refractivity contribution in [2.45, 2.75) is 6.18 Å². The van der Waals surface area contributed by atoms with Gasteiger partial charge in [-0.2, -0.15) is 13.2 Å². The van der Waals surface area contributed by atoms with E-state index in [1.54, 1.807) is 0 Å². The van der Waals surface area contributed by atoms with Gasteiger partial charge in [-0.15, -0.1) is 0 Å². The molecule has 2 aromatic rings. The van der Waals surface area contributed by atoms with Crippen molar-refractivity contribution in [2.75, 3.05) is 5.32 Å². The first-order chi connectivity index (χ1) is 9.38. The molecule has 1 aromatic carbocycles. The van der Waals surface area contributed by atoms with E-state index in [0.29, 0.717) is 0 Å². The molecule has 0 aliphatic rings. The van der Waals surface area contributed by atoms with E-state index < -0.39 is 28.9 Å². The standard InChI is InChI=1S/C12H8F3N3O2/c13-12(14,15)7-3-1-2-4-8(7)18-11(20)9-5-10(19)17-6-16-9/h1-6H,(H,18,20)(H,16,17,19). The van der Waals surface area contributed by atoms with Crippen LogP contribution in [-0.4, -0.2) is 15.9 Å². The van der Waals surface area contributed by atoms with Crippen LogP contribution in [0.4, 0.5) is 18.9 Å². The van der Waals surface area contributed by atoms with Crippen LogP contribution >= 0.6 is 0 Å². The summed E-state index contributed by atoms with van der Waals surface area (Å²) < 4.78 is 38.2. The highest BCUT2D eigenvalue weighted by atomic mass is 19.4. The smallest absolute Gasteiger partial charge is 0.320 e. The van der Waals surface area contributed by atoms with Crippen LogP contribution in [0.2, 0.25) is 0 Å². The van der Waals surface area contributed by atoms with Gasteiger partial charge < -0.3 is 10.3 Å². The zero-order valence-corrected chi connectivity index (χ0v) is 9.86. The summed E-state index contributed by atoms with van der Waals surface area (Å²) >= 11 is 0. The molecule has 5 nitrogen and oxygen atoms in total. The van der Waals surface area contributed by atoms with Crippen molar-refractivity contribution >= 4 is 11.6 Å². The third-order valence-electron chi connectivity index (χ3n) is 2.39. The molecule has 8 heteroatoms. The molecule has 2 rings (SSSR count). The second-order valence-corrected chi connectivity index (χ2v) is 3.79. The molecule has 0 atom stereocenters. The van der Waals surface area contributed by atoms with Crippen molar-refractivity contribution in [1.82, 2.24) is 9.97 Å². The first-order valence-corrected chi connectivity index (χ1v) is 5.40. The van der Waals surface area contributed by atoms with E-state index in [4.69, 9.17) is 0 Å². The molecule has 1 aromatic heterocycles. The average molecular weight is 283 g/mol. The number of halogens is 3. The summed E-state index contributed by atoms with van der Waals surface area (Å²) in [4.78, 5) is 28.5. The summed E-state index contributed by atoms with van der Waals surface area (Å²) in [7, 11) is 0. The fourth-order valence-electron chi connectivity index (χ4n) is 1.52. The second-order valence-electron chi connectivity index (χ2n) is 3.79. The summed E-state index contributed by atoms with van der Waals surface area (Å²) in [5, 5.41) is 2.09. The summed E-state index contributed by atoms with van der Waals surface area (Å²) in [6.07, 6.45) is -3.60. The number of benzene rings is 1. The Hall–Kier alpha value is -2.64. The lowest BCUT2D eigenvalue weighted by Crippen LogP contribution is -2.20. The van der Waals surface area contributed by atoms with Crippen molar-refractivity contribution in [1.29, 1.82) is 0 Å². The minimum Gasteiger partial charge on any atom is -0.320 e. The van der Waals surface area contributed by atoms with E-state index >= 15 is 0 Å². The molecule has 0 spiro atoms. The van der Waals surface area contributed by atoms with Gasteiger partial charge >= 0.3 is 6.18 Å². The Balaban J connectivity index is 2.31. The van der Waals surface area contributed by atoms with Crippen LogP contribution in [0.5, 0.6) is 0 Å². The maximum absolute atomic E-state index is 12.7. The van der Waals surface area contributed by atoms with Gasteiger partial charge in [-0.1, -0.05) is 12.1 Å². The summed E-state index contributed by atoms with van der Waals surface area (Å²) in [6, 6.07) is 5.43. The van der Waals surface area contributed by atoms with Gasteiger partial charge in [-0.25, -0.2) is 4.98 Å². The zero-order chi connectivity index (χ0) is 14.8. The number of nitrogens with one attached hydrogen (secondary N) is 2. The van der Waals surface area contributed by atoms with Crippen LogP contribution in [-0.2, 0) is 6.18 Å². The van der Waals surface area contributed by atoms with Gasteiger partial charge in [0.25, 0.3) is 11.5 Å². The maximum atomic E-state index is 12.7. The molecule has 0 fully saturated rings. The number of hydrogen-bond donors (Lipinski definition) is 2. The quantitative estimate of drug-likeness (QED) is 0.885. The van der Waals surface area contributed by atoms with Crippen LogP contribution in [0, 0.1) is 0 Å². The lowest BCUT2D eigenvalue weighted by atomic mass is 10.1. The number of H-pyrrole nitrogens is 1. The lowest BCUT2D eigenvalue weighted by molar-refractivity contribution is -0.136. The van der Waals surface area contributed by atoms with E-state index in [-0.39, 0.29) is 5.69 Å². The first kappa shape index (κ1) is 13.8. The van der Waals surface area contributed by atoms with Gasteiger partial charge in [-0.05, 0) is 12.1 Å². The first-order valence-electron chi connectivity index (χ1n) is 5.40. The van der Waals surface area contributed by atoms with Crippen LogP contribution in [0.15, 0.2) is 41.5 Å². The van der Waals surface area contributed by atoms with E-state index in [0.717, 1.165) is 24.5 Å². The molecule has 0 unspecified atom stereocenters. The van der Waals surface area contributed by atoms with Crippen LogP contribution < -0.4 is 10.9 Å². The molecule has 20 heavy (non-hydrogen) atoms. The fraction of sp³-hybridized carbons (Fsp3) is 0.0833. The topological polar surface area (TPSA) is 74.8 Å². The molecule has 1 heterocycles. The van der Waals surface area contributed by atoms with Crippen molar-refractivity contribution < 1.29 is 18.0 Å². The molecule has 1 amide bonds. The number of aromatic amines is 1. The monoisotopic (exact) mass is 283 g/mol. The number of alkyl halides is 3. The van der Waals surface area contributed by atoms with Crippen LogP contribution in [0.3, 0.4) is 0 Å². The number of carbonyl (C=O) groups excluding carboxylic acids is 1. The number of nitrogens with zero attached hydrogens (tertiary/aromatic N) is 1. The SMILES string of the molecule is O=C(Nc1ccccc1C(F)(F)F)c1cc(=O)[nH]cn1. The highest BCUT2D eigenvalue weighted by Crippen LogP contribution is 2.34. The van der Waals surface area contributed by atoms with Gasteiger partial charge in [-0.3, -0.25) is 9.59 Å². The Kier molecular flexibility index (Phi) is 3.55. The molecule has 0 aliphatic carbocycles. The highest BCUT2D eigenvalue weighted by molar-refractivity contribution is 6.03. The maximum Gasteiger partial charge on any atom is 0.418 e. The third-order valence-corrected chi connectivity index (χ3v) is 2.39. The van der Waals surface area contributed by atoms with Crippen molar-refractivity contribution in [3.63, 3.8) is 0 Å². The van der Waals surface area contributed by atoms with Crippen molar-refractivity contribution in [3.8, 4) is 0 Å². The largest absolute Gasteiger partial charge is 0.418 e. The average Bonchev–Trinajstić information content (AvgIpc) is 2.38. The Bertz CT molecular complexity index is 695. The number of hydrogen-bond acceptors (Lipinski definition) is 3. The van der Waals surface area contributed by atoms with E-state index in [9.17, 15) is 22.8 Å². The molecular formula is C12H8F3N3O2. The van der Waals surface area contributed by atoms with Gasteiger partial charge in [0.15, 0.2) is 0 Å². The van der Waals surface area contributed by atoms with Crippen molar-refractivity contribution in [3.05, 3.63) is 58.3 Å². The number of anilines is 1. The van der Waals surface area contributed by atoms with Gasteiger partial charge in [0, 0.05) is 6.07 Å². The molecule has 0 aliphatic heterocycles. The highest BCUT2D eigenvalue weighted by Gasteiger charge is 2.33. The third kappa shape index (κ3) is 3.02. The van der Waals surface area contributed by atoms with E-state index in [2.05, 4.69) is 15.3 Å². The van der Waals surface area contributed by atoms with Gasteiger partial charge in [0.1, 0.15) is 5.69 Å². The van der Waals surface area contributed by atoms with E-state index in [1.807, 2.05) is 0 Å². The number of aromatic nitrogens is 2. The predicted octanol–water partition coefficient (Wildman–Crippen LogP) is 2.04. The number of rotatable bonds is 2.